The molecule has 164 valence electrons. The van der Waals surface area contributed by atoms with Crippen molar-refractivity contribution in [2.75, 3.05) is 11.9 Å². The Balaban J connectivity index is 1.31. The van der Waals surface area contributed by atoms with Crippen molar-refractivity contribution < 1.29 is 14.3 Å². The van der Waals surface area contributed by atoms with Crippen molar-refractivity contribution in [1.29, 1.82) is 0 Å². The normalized spacial score (nSPS) is 21.3. The molecule has 8 heteroatoms. The highest BCUT2D eigenvalue weighted by Gasteiger charge is 2.27. The van der Waals surface area contributed by atoms with Gasteiger partial charge >= 0.3 is 0 Å². The Labute approximate surface area is 184 Å². The predicted octanol–water partition coefficient (Wildman–Crippen LogP) is 4.24. The highest BCUT2D eigenvalue weighted by Crippen LogP contribution is 2.32. The first-order chi connectivity index (χ1) is 15.0. The largest absolute Gasteiger partial charge is 0.393 e. The van der Waals surface area contributed by atoms with Crippen LogP contribution in [0.25, 0.3) is 10.9 Å². The Morgan fingerprint density at radius 2 is 2.13 bits per heavy atom. The molecular formula is C23H27FN4O2S. The van der Waals surface area contributed by atoms with E-state index in [0.717, 1.165) is 58.8 Å². The second-order valence-electron chi connectivity index (χ2n) is 8.58. The van der Waals surface area contributed by atoms with Gasteiger partial charge in [0.2, 0.25) is 0 Å². The van der Waals surface area contributed by atoms with E-state index in [4.69, 9.17) is 4.98 Å². The van der Waals surface area contributed by atoms with Crippen LogP contribution in [0.15, 0.2) is 18.2 Å². The highest BCUT2D eigenvalue weighted by molar-refractivity contribution is 7.15. The molecule has 0 atom stereocenters. The fourth-order valence-corrected chi connectivity index (χ4v) is 5.78. The van der Waals surface area contributed by atoms with Gasteiger partial charge in [-0.1, -0.05) is 18.3 Å². The molecule has 1 amide bonds. The number of carbonyl (C=O) groups excluding carboxylic acids is 1. The third-order valence-corrected chi connectivity index (χ3v) is 7.46. The lowest BCUT2D eigenvalue weighted by atomic mass is 9.93. The van der Waals surface area contributed by atoms with E-state index in [1.807, 2.05) is 17.9 Å². The molecule has 0 radical (unpaired) electrons. The van der Waals surface area contributed by atoms with Gasteiger partial charge in [-0.2, -0.15) is 0 Å². The van der Waals surface area contributed by atoms with Crippen LogP contribution in [-0.2, 0) is 19.4 Å². The number of anilines is 1. The molecule has 0 saturated heterocycles. The molecule has 1 aromatic carbocycles. The summed E-state index contributed by atoms with van der Waals surface area (Å²) >= 11 is 1.62. The average molecular weight is 443 g/mol. The Bertz CT molecular complexity index is 1120. The fraction of sp³-hybridized carbons (Fsp3) is 0.478. The van der Waals surface area contributed by atoms with Gasteiger partial charge in [-0.25, -0.2) is 9.37 Å². The van der Waals surface area contributed by atoms with Crippen LogP contribution >= 0.6 is 11.3 Å². The molecule has 3 aromatic rings. The van der Waals surface area contributed by atoms with Crippen molar-refractivity contribution in [3.8, 4) is 0 Å². The summed E-state index contributed by atoms with van der Waals surface area (Å²) < 4.78 is 13.9. The molecule has 3 N–H and O–H groups in total. The summed E-state index contributed by atoms with van der Waals surface area (Å²) in [5.74, 6) is -0.349. The van der Waals surface area contributed by atoms with Crippen LogP contribution < -0.4 is 5.32 Å². The molecule has 0 unspecified atom stereocenters. The number of hydrogen-bond acceptors (Lipinski definition) is 5. The Kier molecular flexibility index (Phi) is 5.44. The number of halogens is 1. The van der Waals surface area contributed by atoms with E-state index in [1.54, 1.807) is 11.3 Å². The zero-order valence-corrected chi connectivity index (χ0v) is 18.4. The number of hydrogen-bond donors (Lipinski definition) is 3. The number of fused-ring (bicyclic) bond motifs is 2. The Morgan fingerprint density at radius 3 is 2.90 bits per heavy atom. The van der Waals surface area contributed by atoms with Crippen molar-refractivity contribution in [3.63, 3.8) is 0 Å². The topological polar surface area (TPSA) is 81.2 Å². The van der Waals surface area contributed by atoms with Gasteiger partial charge in [0.15, 0.2) is 5.13 Å². The highest BCUT2D eigenvalue weighted by atomic mass is 32.1. The third-order valence-electron chi connectivity index (χ3n) is 6.44. The van der Waals surface area contributed by atoms with Crippen LogP contribution in [0, 0.1) is 5.82 Å². The number of amides is 1. The minimum atomic E-state index is -0.287. The van der Waals surface area contributed by atoms with Gasteiger partial charge in [-0.05, 0) is 55.9 Å². The van der Waals surface area contributed by atoms with Gasteiger partial charge in [0.25, 0.3) is 5.91 Å². The summed E-state index contributed by atoms with van der Waals surface area (Å²) in [6, 6.07) is 5.19. The number of aromatic nitrogens is 2. The van der Waals surface area contributed by atoms with Crippen LogP contribution in [0.5, 0.6) is 0 Å². The number of nitrogens with one attached hydrogen (secondary N) is 2. The number of H-pyrrole nitrogens is 1. The van der Waals surface area contributed by atoms with Gasteiger partial charge in [0, 0.05) is 34.8 Å². The van der Waals surface area contributed by atoms with Gasteiger partial charge in [0.1, 0.15) is 11.5 Å². The molecule has 6 nitrogen and oxygen atoms in total. The lowest BCUT2D eigenvalue weighted by Gasteiger charge is -2.25. The number of rotatable bonds is 4. The zero-order valence-electron chi connectivity index (χ0n) is 17.6. The number of aliphatic hydroxyl groups excluding tert-OH is 1. The fourth-order valence-electron chi connectivity index (χ4n) is 4.68. The van der Waals surface area contributed by atoms with Gasteiger partial charge in [-0.3, -0.25) is 4.79 Å². The van der Waals surface area contributed by atoms with E-state index in [-0.39, 0.29) is 17.8 Å². The maximum absolute atomic E-state index is 13.9. The van der Waals surface area contributed by atoms with Crippen LogP contribution in [0.1, 0.15) is 59.2 Å². The second-order valence-corrected chi connectivity index (χ2v) is 9.66. The van der Waals surface area contributed by atoms with Gasteiger partial charge < -0.3 is 20.3 Å². The SMILES string of the molecule is CCc1cc(F)cc2[nH]c(C(=O)N3CCc4nc(NC5CCC(O)CC5)sc4C3)cc12. The van der Waals surface area contributed by atoms with Crippen molar-refractivity contribution in [3.05, 3.63) is 45.8 Å². The number of thiazole rings is 1. The summed E-state index contributed by atoms with van der Waals surface area (Å²) in [6.45, 7) is 3.15. The standard InChI is InChI=1S/C23H27FN4O2S/c1-2-13-9-14(24)10-19-17(13)11-20(26-19)22(30)28-8-7-18-21(12-28)31-23(27-18)25-15-3-5-16(29)6-4-15/h9-11,15-16,26,29H,2-8,12H2,1H3,(H,25,27). The van der Waals surface area contributed by atoms with Crippen molar-refractivity contribution >= 4 is 33.3 Å². The van der Waals surface area contributed by atoms with Crippen molar-refractivity contribution in [2.45, 2.75) is 64.1 Å². The molecule has 31 heavy (non-hydrogen) atoms. The molecule has 1 aliphatic heterocycles. The van der Waals surface area contributed by atoms with Crippen LogP contribution in [0.3, 0.4) is 0 Å². The van der Waals surface area contributed by atoms with Crippen molar-refractivity contribution in [1.82, 2.24) is 14.9 Å². The second kappa shape index (κ2) is 8.24. The number of aryl methyl sites for hydroxylation is 1. The van der Waals surface area contributed by atoms with E-state index in [2.05, 4.69) is 10.3 Å². The quantitative estimate of drug-likeness (QED) is 0.565. The molecule has 1 fully saturated rings. The van der Waals surface area contributed by atoms with Crippen LogP contribution in [-0.4, -0.2) is 44.6 Å². The number of aromatic amines is 1. The first kappa shape index (κ1) is 20.5. The van der Waals surface area contributed by atoms with Gasteiger partial charge in [0.05, 0.1) is 18.3 Å². The minimum Gasteiger partial charge on any atom is -0.393 e. The van der Waals surface area contributed by atoms with E-state index >= 15 is 0 Å². The molecule has 2 aliphatic rings. The molecule has 1 saturated carbocycles. The molecule has 0 bridgehead atoms. The van der Waals surface area contributed by atoms with E-state index in [0.29, 0.717) is 36.8 Å². The molecule has 3 heterocycles. The smallest absolute Gasteiger partial charge is 0.270 e. The van der Waals surface area contributed by atoms with Crippen LogP contribution in [0.2, 0.25) is 0 Å². The number of benzene rings is 1. The summed E-state index contributed by atoms with van der Waals surface area (Å²) in [7, 11) is 0. The molecule has 5 rings (SSSR count). The lowest BCUT2D eigenvalue weighted by Crippen LogP contribution is -2.35. The van der Waals surface area contributed by atoms with Crippen molar-refractivity contribution in [2.24, 2.45) is 0 Å². The first-order valence-electron chi connectivity index (χ1n) is 11.0. The monoisotopic (exact) mass is 442 g/mol. The minimum absolute atomic E-state index is 0.0616. The van der Waals surface area contributed by atoms with E-state index < -0.39 is 0 Å². The summed E-state index contributed by atoms with van der Waals surface area (Å²) in [6.07, 6.45) is 4.85. The zero-order chi connectivity index (χ0) is 21.5. The average Bonchev–Trinajstić information content (AvgIpc) is 3.37. The summed E-state index contributed by atoms with van der Waals surface area (Å²) in [5.41, 5.74) is 3.14. The summed E-state index contributed by atoms with van der Waals surface area (Å²) in [5, 5.41) is 15.0. The molecule has 0 spiro atoms. The third kappa shape index (κ3) is 4.06. The summed E-state index contributed by atoms with van der Waals surface area (Å²) in [4.78, 5) is 24.0. The van der Waals surface area contributed by atoms with Crippen LogP contribution in [0.4, 0.5) is 9.52 Å². The van der Waals surface area contributed by atoms with E-state index in [1.165, 1.54) is 12.1 Å². The predicted molar refractivity (Wildman–Crippen MR) is 120 cm³/mol. The number of nitrogens with zero attached hydrogens (tertiary/aromatic N) is 2. The maximum atomic E-state index is 13.9. The molecular weight excluding hydrogens is 415 g/mol. The Morgan fingerprint density at radius 1 is 1.32 bits per heavy atom. The molecule has 1 aliphatic carbocycles. The number of aliphatic hydroxyl groups is 1. The molecule has 2 aromatic heterocycles. The Hall–Kier alpha value is -2.45. The van der Waals surface area contributed by atoms with E-state index in [9.17, 15) is 14.3 Å². The number of carbonyl (C=O) groups is 1. The lowest BCUT2D eigenvalue weighted by molar-refractivity contribution is 0.0731. The van der Waals surface area contributed by atoms with Gasteiger partial charge in [-0.15, -0.1) is 0 Å². The first-order valence-corrected chi connectivity index (χ1v) is 11.9. The maximum Gasteiger partial charge on any atom is 0.270 e.